The number of halogens is 3. The van der Waals surface area contributed by atoms with Crippen LogP contribution in [-0.4, -0.2) is 12.9 Å². The molecule has 2 N–H and O–H groups in total. The van der Waals surface area contributed by atoms with Crippen LogP contribution in [0.1, 0.15) is 15.9 Å². The van der Waals surface area contributed by atoms with Gasteiger partial charge < -0.3 is 18.7 Å². The molecule has 0 saturated heterocycles. The van der Waals surface area contributed by atoms with Gasteiger partial charge in [-0.1, -0.05) is 18.2 Å². The zero-order valence-corrected chi connectivity index (χ0v) is 11.6. The third-order valence-electron chi connectivity index (χ3n) is 1.89. The molecule has 0 fully saturated rings. The molecule has 7 heteroatoms. The van der Waals surface area contributed by atoms with E-state index in [0.29, 0.717) is 0 Å². The number of benzene rings is 1. The van der Waals surface area contributed by atoms with Crippen LogP contribution in [0, 0.1) is 6.92 Å². The summed E-state index contributed by atoms with van der Waals surface area (Å²) in [6.07, 6.45) is 0. The summed E-state index contributed by atoms with van der Waals surface area (Å²) in [5.74, 6) is -0.719. The Morgan fingerprint density at radius 3 is 2.20 bits per heavy atom. The van der Waals surface area contributed by atoms with Crippen molar-refractivity contribution in [2.45, 2.75) is 6.92 Å². The molecule has 1 rings (SSSR count). The predicted molar refractivity (Wildman–Crippen MR) is 48.4 cm³/mol. The molecule has 0 spiro atoms. The number of carbonyl (C=O) groups is 1. The fraction of sp³-hybridized carbons (Fsp3) is 0.125. The van der Waals surface area contributed by atoms with Gasteiger partial charge in [0.1, 0.15) is 0 Å². The first-order valence-corrected chi connectivity index (χ1v) is 3.92. The van der Waals surface area contributed by atoms with Gasteiger partial charge in [0.05, 0.1) is 0 Å². The molecule has 0 bridgehead atoms. The first-order chi connectivity index (χ1) is 6.32. The summed E-state index contributed by atoms with van der Waals surface area (Å²) in [6, 6.07) is 2.90. The van der Waals surface area contributed by atoms with E-state index in [1.807, 2.05) is 0 Å². The molecule has 1 amide bonds. The molecule has 1 aromatic carbocycles. The molecule has 0 aliphatic rings. The quantitative estimate of drug-likeness (QED) is 0.607. The van der Waals surface area contributed by atoms with E-state index in [9.17, 15) is 17.7 Å². The number of rotatable bonds is 2. The smallest absolute Gasteiger partial charge is 0.445 e. The van der Waals surface area contributed by atoms with Gasteiger partial charge in [-0.3, -0.25) is 4.79 Å². The first kappa shape index (κ1) is 15.2. The number of carbonyl (C=O) groups excluding carboxylic acids is 1. The van der Waals surface area contributed by atoms with Crippen molar-refractivity contribution in [1.82, 2.24) is 0 Å². The Kier molecular flexibility index (Phi) is 5.56. The number of aryl methyl sites for hydroxylation is 1. The van der Waals surface area contributed by atoms with E-state index in [1.54, 1.807) is 0 Å². The molecule has 15 heavy (non-hydrogen) atoms. The minimum absolute atomic E-state index is 0. The van der Waals surface area contributed by atoms with E-state index in [0.717, 1.165) is 18.2 Å². The number of amides is 1. The molecular weight excluding hydrogens is 233 g/mol. The minimum atomic E-state index is -5.01. The van der Waals surface area contributed by atoms with Crippen molar-refractivity contribution in [2.75, 3.05) is 0 Å². The van der Waals surface area contributed by atoms with Crippen molar-refractivity contribution >= 4 is 18.3 Å². The van der Waals surface area contributed by atoms with Crippen molar-refractivity contribution in [1.29, 1.82) is 0 Å². The Hall–Kier alpha value is 0.181. The Morgan fingerprint density at radius 2 is 1.87 bits per heavy atom. The average Bonchev–Trinajstić information content (AvgIpc) is 2.01. The molecule has 0 unspecified atom stereocenters. The molecule has 0 saturated carbocycles. The van der Waals surface area contributed by atoms with Crippen molar-refractivity contribution in [3.05, 3.63) is 29.3 Å². The SMILES string of the molecule is Cc1cc([B-](F)(F)F)ccc1C(N)=O.[K+]. The molecule has 0 aromatic heterocycles. The number of primary amides is 1. The summed E-state index contributed by atoms with van der Waals surface area (Å²) < 4.78 is 36.7. The Morgan fingerprint density at radius 1 is 1.33 bits per heavy atom. The number of nitrogens with two attached hydrogens (primary N) is 1. The fourth-order valence-electron chi connectivity index (χ4n) is 1.17. The summed E-state index contributed by atoms with van der Waals surface area (Å²) in [5.41, 5.74) is 4.61. The van der Waals surface area contributed by atoms with Crippen LogP contribution >= 0.6 is 0 Å². The van der Waals surface area contributed by atoms with Crippen LogP contribution in [0.15, 0.2) is 18.2 Å². The van der Waals surface area contributed by atoms with Crippen LogP contribution in [0.5, 0.6) is 0 Å². The van der Waals surface area contributed by atoms with E-state index < -0.39 is 18.3 Å². The van der Waals surface area contributed by atoms with Crippen LogP contribution in [0.25, 0.3) is 0 Å². The topological polar surface area (TPSA) is 43.1 Å². The van der Waals surface area contributed by atoms with Gasteiger partial charge in [0.2, 0.25) is 5.91 Å². The zero-order valence-electron chi connectivity index (χ0n) is 8.43. The number of hydrogen-bond donors (Lipinski definition) is 1. The van der Waals surface area contributed by atoms with Gasteiger partial charge in [0, 0.05) is 5.56 Å². The Labute approximate surface area is 128 Å². The van der Waals surface area contributed by atoms with Gasteiger partial charge in [-0.05, 0) is 12.5 Å². The molecule has 0 aliphatic heterocycles. The fourth-order valence-corrected chi connectivity index (χ4v) is 1.17. The maximum Gasteiger partial charge on any atom is 1.00 e. The number of hydrogen-bond acceptors (Lipinski definition) is 1. The van der Waals surface area contributed by atoms with Crippen LogP contribution in [0.3, 0.4) is 0 Å². The second-order valence-corrected chi connectivity index (χ2v) is 3.01. The maximum atomic E-state index is 12.2. The first-order valence-electron chi connectivity index (χ1n) is 3.92. The van der Waals surface area contributed by atoms with Crippen LogP contribution < -0.4 is 62.6 Å². The van der Waals surface area contributed by atoms with Gasteiger partial charge in [0.25, 0.3) is 0 Å². The molecule has 1 aromatic rings. The monoisotopic (exact) mass is 241 g/mol. The average molecular weight is 241 g/mol. The zero-order chi connectivity index (χ0) is 10.9. The molecule has 0 atom stereocenters. The van der Waals surface area contributed by atoms with Crippen molar-refractivity contribution < 1.29 is 69.1 Å². The van der Waals surface area contributed by atoms with Crippen LogP contribution in [0.4, 0.5) is 12.9 Å². The third kappa shape index (κ3) is 3.92. The van der Waals surface area contributed by atoms with E-state index in [4.69, 9.17) is 5.73 Å². The van der Waals surface area contributed by atoms with Gasteiger partial charge >= 0.3 is 58.4 Å². The normalized spacial score (nSPS) is 10.7. The minimum Gasteiger partial charge on any atom is -0.445 e. The maximum absolute atomic E-state index is 12.2. The van der Waals surface area contributed by atoms with Crippen LogP contribution in [-0.2, 0) is 0 Å². The molecule has 76 valence electrons. The second-order valence-electron chi connectivity index (χ2n) is 3.01. The summed E-state index contributed by atoms with van der Waals surface area (Å²) in [6.45, 7) is -3.59. The summed E-state index contributed by atoms with van der Waals surface area (Å²) in [5, 5.41) is 0. The van der Waals surface area contributed by atoms with E-state index in [1.165, 1.54) is 6.92 Å². The van der Waals surface area contributed by atoms with Crippen LogP contribution in [0.2, 0.25) is 0 Å². The van der Waals surface area contributed by atoms with Crippen molar-refractivity contribution in [3.63, 3.8) is 0 Å². The molecule has 0 heterocycles. The van der Waals surface area contributed by atoms with Gasteiger partial charge in [-0.25, -0.2) is 0 Å². The molecule has 0 radical (unpaired) electrons. The Balaban J connectivity index is 0.00000196. The summed E-state index contributed by atoms with van der Waals surface area (Å²) in [7, 11) is 0. The van der Waals surface area contributed by atoms with Crippen molar-refractivity contribution in [2.24, 2.45) is 5.73 Å². The van der Waals surface area contributed by atoms with Crippen molar-refractivity contribution in [3.8, 4) is 0 Å². The molecule has 2 nitrogen and oxygen atoms in total. The summed E-state index contributed by atoms with van der Waals surface area (Å²) in [4.78, 5) is 10.7. The van der Waals surface area contributed by atoms with E-state index in [-0.39, 0.29) is 62.5 Å². The van der Waals surface area contributed by atoms with Gasteiger partial charge in [0.15, 0.2) is 0 Å². The predicted octanol–water partition coefficient (Wildman–Crippen LogP) is -1.85. The second kappa shape index (κ2) is 5.49. The van der Waals surface area contributed by atoms with E-state index in [2.05, 4.69) is 0 Å². The summed E-state index contributed by atoms with van der Waals surface area (Å²) >= 11 is 0. The molecular formula is C8H8BF3KNO. The molecule has 0 aliphatic carbocycles. The van der Waals surface area contributed by atoms with Gasteiger partial charge in [-0.2, -0.15) is 0 Å². The standard InChI is InChI=1S/C8H8BF3NO.K/c1-5-4-6(9(10,11)12)2-3-7(5)8(13)14;/h2-4H,1H3,(H2,13,14);/q-1;+1. The third-order valence-corrected chi connectivity index (χ3v) is 1.89. The Bertz CT molecular complexity index is 381. The van der Waals surface area contributed by atoms with E-state index >= 15 is 0 Å². The largest absolute Gasteiger partial charge is 1.00 e. The van der Waals surface area contributed by atoms with Gasteiger partial charge in [-0.15, -0.1) is 5.46 Å².